The molecule has 0 spiro atoms. The normalized spacial score (nSPS) is 38.3. The number of hydrogen-bond acceptors (Lipinski definition) is 20. The molecule has 6 aliphatic heterocycles. The summed E-state index contributed by atoms with van der Waals surface area (Å²) in [6, 6.07) is 18.8. The van der Waals surface area contributed by atoms with Crippen molar-refractivity contribution in [2.75, 3.05) is 47.6 Å². The monoisotopic (exact) mass is 2980 g/mol. The van der Waals surface area contributed by atoms with Crippen LogP contribution in [0.3, 0.4) is 0 Å². The Bertz CT molecular complexity index is 1770. The van der Waals surface area contributed by atoms with Crippen LogP contribution in [-0.4, -0.2) is 209 Å². The van der Waals surface area contributed by atoms with E-state index in [1.54, 1.807) is 13.0 Å². The number of hydrogen-bond donors (Lipinski definition) is 9. The Morgan fingerprint density at radius 1 is 0.507 bits per heavy atom. The van der Waals surface area contributed by atoms with E-state index < -0.39 is 136 Å². The van der Waals surface area contributed by atoms with Gasteiger partial charge >= 0.3 is 0 Å². The molecule has 6 saturated heterocycles. The first-order valence-corrected chi connectivity index (χ1v) is 22.3. The standard InChI is InChI=1S/C23H32O9.C20H28O10.C3H9N.9Ac/c1-3-7-14-12(2)20(31-23-19(27)18(26)17(25)15(10-24)30-23)21-16(29-14)11-28-22(32-21)13-8-5-4-6-9-13;1-9-16(29-20-15(24)14(23)13(22)11(7-21)28-20)17-12(27-18(9)25)8-26-19(30-17)10-5-3-2-4-6-10;1-4(2)3;;;;;;;;;/h3-6,8-9,12,14-27H,1,7,10-11H2,2H3;2-6,9,11-25H,7-8H2,1H3;1-3H3;;;;;;;;;/t12-,14+,15?,16+,17?,18?,19?,20?,21?,22?,23?;9-,11?,12-,13?,14?,15?,16?,17?,18?,19?,20?;;;;;;;;;;/m01........../s1. The van der Waals surface area contributed by atoms with Gasteiger partial charge in [-0.3, -0.25) is 0 Å². The molecule has 22 atom stereocenters. The maximum Gasteiger partial charge on any atom is 0.187 e. The molecule has 29 heteroatoms. The molecule has 399 valence electrons. The summed E-state index contributed by atoms with van der Waals surface area (Å²) < 4.78 is 59.0. The van der Waals surface area contributed by atoms with Gasteiger partial charge in [-0.05, 0) is 27.6 Å². The van der Waals surface area contributed by atoms with E-state index in [1.807, 2.05) is 93.6 Å². The zero-order chi connectivity index (χ0) is 47.8. The average molecular weight is 2980 g/mol. The van der Waals surface area contributed by atoms with Crippen molar-refractivity contribution in [1.82, 2.24) is 4.90 Å². The maximum atomic E-state index is 10.5. The second-order valence-electron chi connectivity index (χ2n) is 17.8. The topological polar surface area (TPSA) is 278 Å². The zero-order valence-corrected chi connectivity index (χ0v) is 85.8. The Morgan fingerprint density at radius 3 is 1.23 bits per heavy atom. The predicted molar refractivity (Wildman–Crippen MR) is 230 cm³/mol. The minimum Gasteiger partial charge on any atom is -0.394 e. The third-order valence-corrected chi connectivity index (χ3v) is 12.3. The first-order chi connectivity index (χ1) is 31.6. The van der Waals surface area contributed by atoms with Gasteiger partial charge in [0.25, 0.3) is 0 Å². The van der Waals surface area contributed by atoms with Crippen molar-refractivity contribution in [3.05, 3.63) is 84.4 Å². The van der Waals surface area contributed by atoms with Crippen LogP contribution in [0, 0.1) is 408 Å². The van der Waals surface area contributed by atoms with Gasteiger partial charge < -0.3 is 98.2 Å². The largest absolute Gasteiger partial charge is 0.394 e. The minimum atomic E-state index is -1.57. The van der Waals surface area contributed by atoms with Crippen LogP contribution in [0.5, 0.6) is 0 Å². The maximum absolute atomic E-state index is 10.5. The van der Waals surface area contributed by atoms with Gasteiger partial charge in [0.15, 0.2) is 31.5 Å². The summed E-state index contributed by atoms with van der Waals surface area (Å²) in [5.74, 6) is -0.732. The van der Waals surface area contributed by atoms with E-state index >= 15 is 0 Å². The molecule has 0 amide bonds. The van der Waals surface area contributed by atoms with Crippen molar-refractivity contribution < 1.29 is 490 Å². The van der Waals surface area contributed by atoms with Gasteiger partial charge in [-0.2, -0.15) is 0 Å². The molecule has 6 fully saturated rings. The molecule has 8 rings (SSSR count). The van der Waals surface area contributed by atoms with Gasteiger partial charge in [0, 0.05) is 420 Å². The summed E-state index contributed by atoms with van der Waals surface area (Å²) in [6.45, 7) is 6.81. The summed E-state index contributed by atoms with van der Waals surface area (Å²) in [7, 11) is 6.00. The molecule has 0 aromatic heterocycles. The quantitative estimate of drug-likeness (QED) is 0.130. The summed E-state index contributed by atoms with van der Waals surface area (Å²) in [5.41, 5.74) is 1.67. The van der Waals surface area contributed by atoms with Crippen LogP contribution in [0.25, 0.3) is 0 Å². The molecule has 75 heavy (non-hydrogen) atoms. The van der Waals surface area contributed by atoms with E-state index in [0.29, 0.717) is 13.0 Å². The second-order valence-corrected chi connectivity index (χ2v) is 17.8. The smallest absolute Gasteiger partial charge is 0.187 e. The van der Waals surface area contributed by atoms with Gasteiger partial charge in [-0.1, -0.05) is 80.6 Å². The summed E-state index contributed by atoms with van der Waals surface area (Å²) in [4.78, 5) is 2.00. The van der Waals surface area contributed by atoms with E-state index in [2.05, 4.69) is 6.58 Å². The molecular formula is C46H69Ac9NO19. The zero-order valence-electron chi connectivity index (χ0n) is 43.0. The SMILES string of the molecule is C=CC[C@H]1O[C@@H]2COC(c3ccccc3)OC2C(OC2OC(CO)C(O)C(O)C2O)[C@H]1C.CN(C)C.C[C@H]1C(O)O[C@@H]2COC(c3ccccc3)OC2C1OC1OC(CO)C(O)C(O)C1O.[Ac].[Ac].[Ac].[Ac].[Ac].[Ac].[Ac].[Ac].[Ac]. The fourth-order valence-electron chi connectivity index (χ4n) is 8.61. The Balaban J connectivity index is -0.000000564. The van der Waals surface area contributed by atoms with E-state index in [-0.39, 0.29) is 415 Å². The molecule has 0 aliphatic carbocycles. The number of benzene rings is 2. The summed E-state index contributed by atoms with van der Waals surface area (Å²) in [5, 5.41) is 90.3. The third-order valence-electron chi connectivity index (χ3n) is 12.3. The van der Waals surface area contributed by atoms with Crippen LogP contribution in [0.15, 0.2) is 73.3 Å². The number of ether oxygens (including phenoxy) is 10. The van der Waals surface area contributed by atoms with Crippen molar-refractivity contribution in [2.24, 2.45) is 11.8 Å². The van der Waals surface area contributed by atoms with Gasteiger partial charge in [0.1, 0.15) is 73.2 Å². The Labute approximate surface area is 763 Å². The molecule has 2 aromatic rings. The second kappa shape index (κ2) is 47.3. The van der Waals surface area contributed by atoms with Crippen molar-refractivity contribution in [2.45, 2.75) is 143 Å². The third kappa shape index (κ3) is 26.3. The fourth-order valence-corrected chi connectivity index (χ4v) is 8.61. The van der Waals surface area contributed by atoms with Crippen LogP contribution in [-0.2, 0) is 47.4 Å². The Hall–Kier alpha value is 10.4. The average Bonchev–Trinajstić information content (AvgIpc) is 3.32. The molecule has 20 nitrogen and oxygen atoms in total. The van der Waals surface area contributed by atoms with Gasteiger partial charge in [-0.15, -0.1) is 6.58 Å². The van der Waals surface area contributed by atoms with Crippen molar-refractivity contribution in [1.29, 1.82) is 0 Å². The molecule has 6 heterocycles. The number of aliphatic hydroxyl groups is 9. The van der Waals surface area contributed by atoms with Crippen LogP contribution >= 0.6 is 0 Å². The van der Waals surface area contributed by atoms with E-state index in [0.717, 1.165) is 11.1 Å². The van der Waals surface area contributed by atoms with Crippen molar-refractivity contribution in [3.8, 4) is 0 Å². The molecule has 9 radical (unpaired) electrons. The van der Waals surface area contributed by atoms with Crippen molar-refractivity contribution >= 4 is 0 Å². The minimum absolute atomic E-state index is 0. The van der Waals surface area contributed by atoms with Crippen molar-refractivity contribution in [3.63, 3.8) is 0 Å². The molecule has 2 aromatic carbocycles. The van der Waals surface area contributed by atoms with Crippen LogP contribution < -0.4 is 0 Å². The van der Waals surface area contributed by atoms with E-state index in [4.69, 9.17) is 47.4 Å². The van der Waals surface area contributed by atoms with Crippen LogP contribution in [0.2, 0.25) is 0 Å². The van der Waals surface area contributed by atoms with Gasteiger partial charge in [-0.25, -0.2) is 0 Å². The molecule has 17 unspecified atom stereocenters. The molecule has 0 bridgehead atoms. The van der Waals surface area contributed by atoms with Crippen LogP contribution in [0.4, 0.5) is 0 Å². The molecular weight excluding hydrogens is 2910 g/mol. The predicted octanol–water partition coefficient (Wildman–Crippen LogP) is -0.918. The van der Waals surface area contributed by atoms with Gasteiger partial charge in [0.2, 0.25) is 0 Å². The fraction of sp³-hybridized carbons (Fsp3) is 0.696. The Morgan fingerprint density at radius 2 is 0.867 bits per heavy atom. The Kier molecular flexibility index (Phi) is 57.8. The molecule has 9 N–H and O–H groups in total. The molecule has 0 saturated carbocycles. The van der Waals surface area contributed by atoms with E-state index in [9.17, 15) is 46.0 Å². The summed E-state index contributed by atoms with van der Waals surface area (Å²) in [6.07, 6.45) is -17.7. The number of aliphatic hydroxyl groups excluding tert-OH is 9. The van der Waals surface area contributed by atoms with Crippen LogP contribution in [0.1, 0.15) is 44.0 Å². The first-order valence-electron chi connectivity index (χ1n) is 22.3. The number of nitrogens with zero attached hydrogens (tertiary/aromatic N) is 1. The molecule has 6 aliphatic rings. The van der Waals surface area contributed by atoms with Gasteiger partial charge in [0.05, 0.1) is 44.7 Å². The number of fused-ring (bicyclic) bond motifs is 2. The van der Waals surface area contributed by atoms with E-state index in [1.165, 1.54) is 0 Å². The summed E-state index contributed by atoms with van der Waals surface area (Å²) >= 11 is 0. The first kappa shape index (κ1) is 91.8. The number of rotatable bonds is 10.